The van der Waals surface area contributed by atoms with Gasteiger partial charge in [0.05, 0.1) is 4.90 Å². The average Bonchev–Trinajstić information content (AvgIpc) is 2.35. The number of Topliss-reactive ketones (excluding diaryl/α,β-unsaturated/α-hetero) is 1. The molecule has 0 radical (unpaired) electrons. The lowest BCUT2D eigenvalue weighted by atomic mass is 10.1. The number of nitrogens with two attached hydrogens (primary N) is 1. The summed E-state index contributed by atoms with van der Waals surface area (Å²) in [6, 6.07) is 6.01. The van der Waals surface area contributed by atoms with Crippen molar-refractivity contribution in [3.05, 3.63) is 29.8 Å². The van der Waals surface area contributed by atoms with Gasteiger partial charge in [0.1, 0.15) is 0 Å². The molecule has 19 heavy (non-hydrogen) atoms. The highest BCUT2D eigenvalue weighted by atomic mass is 32.2. The van der Waals surface area contributed by atoms with Crippen LogP contribution in [0.3, 0.4) is 0 Å². The Kier molecular flexibility index (Phi) is 4.84. The number of carbonyl (C=O) groups excluding carboxylic acids is 1. The van der Waals surface area contributed by atoms with Crippen LogP contribution in [-0.4, -0.2) is 26.3 Å². The molecule has 0 spiro atoms. The normalized spacial score (nSPS) is 12.4. The van der Waals surface area contributed by atoms with E-state index in [1.165, 1.54) is 12.1 Å². The second-order valence-electron chi connectivity index (χ2n) is 5.12. The van der Waals surface area contributed by atoms with E-state index in [1.807, 2.05) is 0 Å². The van der Waals surface area contributed by atoms with Crippen LogP contribution in [0.25, 0.3) is 0 Å². The van der Waals surface area contributed by atoms with Crippen LogP contribution in [0.15, 0.2) is 29.2 Å². The predicted molar refractivity (Wildman–Crippen MR) is 74.5 cm³/mol. The molecule has 0 fully saturated rings. The van der Waals surface area contributed by atoms with E-state index in [2.05, 4.69) is 4.72 Å². The van der Waals surface area contributed by atoms with E-state index in [0.29, 0.717) is 12.0 Å². The molecule has 1 aromatic carbocycles. The van der Waals surface area contributed by atoms with Gasteiger partial charge in [-0.25, -0.2) is 13.1 Å². The minimum Gasteiger partial charge on any atom is -0.324 e. The first-order chi connectivity index (χ1) is 8.65. The molecule has 0 aliphatic heterocycles. The first-order valence-corrected chi connectivity index (χ1v) is 7.56. The van der Waals surface area contributed by atoms with Crippen LogP contribution in [0.4, 0.5) is 0 Å². The fourth-order valence-corrected chi connectivity index (χ4v) is 2.67. The van der Waals surface area contributed by atoms with Crippen LogP contribution in [0.2, 0.25) is 0 Å². The Bertz CT molecular complexity index is 559. The summed E-state index contributed by atoms with van der Waals surface area (Å²) in [5.41, 5.74) is 5.50. The SMILES string of the molecule is CCC(=O)c1cccc(S(=O)(=O)NCC(C)(C)N)c1. The highest BCUT2D eigenvalue weighted by Crippen LogP contribution is 2.13. The molecule has 0 atom stereocenters. The Morgan fingerprint density at radius 2 is 2.00 bits per heavy atom. The van der Waals surface area contributed by atoms with E-state index in [9.17, 15) is 13.2 Å². The minimum atomic E-state index is -3.64. The number of benzene rings is 1. The lowest BCUT2D eigenvalue weighted by Gasteiger charge is -2.19. The van der Waals surface area contributed by atoms with Crippen molar-refractivity contribution in [3.8, 4) is 0 Å². The molecule has 3 N–H and O–H groups in total. The van der Waals surface area contributed by atoms with Crippen molar-refractivity contribution in [2.45, 2.75) is 37.6 Å². The third kappa shape index (κ3) is 4.74. The summed E-state index contributed by atoms with van der Waals surface area (Å²) in [6.07, 6.45) is 0.340. The second kappa shape index (κ2) is 5.81. The van der Waals surface area contributed by atoms with Crippen molar-refractivity contribution in [1.82, 2.24) is 4.72 Å². The third-order valence-electron chi connectivity index (χ3n) is 2.51. The molecule has 0 aromatic heterocycles. The number of hydrogen-bond donors (Lipinski definition) is 2. The maximum absolute atomic E-state index is 12.1. The van der Waals surface area contributed by atoms with Crippen LogP contribution in [0, 0.1) is 0 Å². The Balaban J connectivity index is 2.99. The molecule has 0 heterocycles. The zero-order chi connectivity index (χ0) is 14.7. The number of ketones is 1. The minimum absolute atomic E-state index is 0.0797. The average molecular weight is 284 g/mol. The van der Waals surface area contributed by atoms with E-state index < -0.39 is 15.6 Å². The maximum atomic E-state index is 12.1. The van der Waals surface area contributed by atoms with Crippen molar-refractivity contribution >= 4 is 15.8 Å². The van der Waals surface area contributed by atoms with Crippen LogP contribution in [-0.2, 0) is 10.0 Å². The van der Waals surface area contributed by atoms with E-state index in [1.54, 1.807) is 32.9 Å². The zero-order valence-electron chi connectivity index (χ0n) is 11.4. The maximum Gasteiger partial charge on any atom is 0.240 e. The third-order valence-corrected chi connectivity index (χ3v) is 3.90. The van der Waals surface area contributed by atoms with Crippen molar-refractivity contribution in [2.24, 2.45) is 5.73 Å². The van der Waals surface area contributed by atoms with Gasteiger partial charge in [0.25, 0.3) is 0 Å². The summed E-state index contributed by atoms with van der Waals surface area (Å²) in [5.74, 6) is -0.0868. The van der Waals surface area contributed by atoms with Gasteiger partial charge in [-0.1, -0.05) is 19.1 Å². The Labute approximate surface area is 114 Å². The molecule has 1 rings (SSSR count). The zero-order valence-corrected chi connectivity index (χ0v) is 12.3. The molecule has 0 bridgehead atoms. The quantitative estimate of drug-likeness (QED) is 0.770. The fraction of sp³-hybridized carbons (Fsp3) is 0.462. The Morgan fingerprint density at radius 3 is 2.53 bits per heavy atom. The summed E-state index contributed by atoms with van der Waals surface area (Å²) in [6.45, 7) is 5.32. The van der Waals surface area contributed by atoms with Gasteiger partial charge >= 0.3 is 0 Å². The number of rotatable bonds is 6. The van der Waals surface area contributed by atoms with Gasteiger partial charge in [-0.3, -0.25) is 4.79 Å². The first-order valence-electron chi connectivity index (χ1n) is 6.07. The number of hydrogen-bond acceptors (Lipinski definition) is 4. The van der Waals surface area contributed by atoms with Gasteiger partial charge in [-0.05, 0) is 26.0 Å². The number of carbonyl (C=O) groups is 1. The molecule has 0 unspecified atom stereocenters. The fourth-order valence-electron chi connectivity index (χ4n) is 1.41. The van der Waals surface area contributed by atoms with Gasteiger partial charge in [-0.2, -0.15) is 0 Å². The lowest BCUT2D eigenvalue weighted by Crippen LogP contribution is -2.45. The van der Waals surface area contributed by atoms with Crippen molar-refractivity contribution in [3.63, 3.8) is 0 Å². The second-order valence-corrected chi connectivity index (χ2v) is 6.88. The highest BCUT2D eigenvalue weighted by Gasteiger charge is 2.19. The van der Waals surface area contributed by atoms with Gasteiger partial charge in [0, 0.05) is 24.1 Å². The number of sulfonamides is 1. The summed E-state index contributed by atoms with van der Waals surface area (Å²) < 4.78 is 26.6. The van der Waals surface area contributed by atoms with Crippen molar-refractivity contribution < 1.29 is 13.2 Å². The molecule has 0 saturated carbocycles. The van der Waals surface area contributed by atoms with Crippen LogP contribution in [0.1, 0.15) is 37.6 Å². The van der Waals surface area contributed by atoms with Crippen LogP contribution >= 0.6 is 0 Å². The van der Waals surface area contributed by atoms with Gasteiger partial charge in [0.15, 0.2) is 5.78 Å². The molecule has 106 valence electrons. The van der Waals surface area contributed by atoms with Crippen molar-refractivity contribution in [2.75, 3.05) is 6.54 Å². The summed E-state index contributed by atoms with van der Waals surface area (Å²) in [7, 11) is -3.64. The van der Waals surface area contributed by atoms with Crippen LogP contribution in [0.5, 0.6) is 0 Å². The van der Waals surface area contributed by atoms with E-state index >= 15 is 0 Å². The smallest absolute Gasteiger partial charge is 0.240 e. The van der Waals surface area contributed by atoms with E-state index in [-0.39, 0.29) is 17.2 Å². The highest BCUT2D eigenvalue weighted by molar-refractivity contribution is 7.89. The molecule has 0 amide bonds. The summed E-state index contributed by atoms with van der Waals surface area (Å²) in [5, 5.41) is 0. The Morgan fingerprint density at radius 1 is 1.37 bits per heavy atom. The van der Waals surface area contributed by atoms with Gasteiger partial charge in [0.2, 0.25) is 10.0 Å². The molecule has 0 aliphatic carbocycles. The molecule has 5 nitrogen and oxygen atoms in total. The van der Waals surface area contributed by atoms with Crippen LogP contribution < -0.4 is 10.5 Å². The van der Waals surface area contributed by atoms with E-state index in [0.717, 1.165) is 0 Å². The largest absolute Gasteiger partial charge is 0.324 e. The Hall–Kier alpha value is -1.24. The first kappa shape index (κ1) is 15.8. The summed E-state index contributed by atoms with van der Waals surface area (Å²) in [4.78, 5) is 11.7. The van der Waals surface area contributed by atoms with Crippen molar-refractivity contribution in [1.29, 1.82) is 0 Å². The summed E-state index contributed by atoms with van der Waals surface area (Å²) >= 11 is 0. The molecule has 1 aromatic rings. The lowest BCUT2D eigenvalue weighted by molar-refractivity contribution is 0.0988. The van der Waals surface area contributed by atoms with Gasteiger partial charge < -0.3 is 5.73 Å². The molecule has 6 heteroatoms. The number of nitrogens with one attached hydrogen (secondary N) is 1. The topological polar surface area (TPSA) is 89.3 Å². The molecule has 0 aliphatic rings. The molecular weight excluding hydrogens is 264 g/mol. The van der Waals surface area contributed by atoms with E-state index in [4.69, 9.17) is 5.73 Å². The molecule has 0 saturated heterocycles. The standard InChI is InChI=1S/C13H20N2O3S/c1-4-12(16)10-6-5-7-11(8-10)19(17,18)15-9-13(2,3)14/h5-8,15H,4,9,14H2,1-3H3. The predicted octanol–water partition coefficient (Wildman–Crippen LogP) is 1.29. The molecular formula is C13H20N2O3S. The van der Waals surface area contributed by atoms with Gasteiger partial charge in [-0.15, -0.1) is 0 Å². The monoisotopic (exact) mass is 284 g/mol.